The maximum atomic E-state index is 16.0. The van der Waals surface area contributed by atoms with Gasteiger partial charge in [-0.1, -0.05) is 37.6 Å². The van der Waals surface area contributed by atoms with E-state index in [1.165, 1.54) is 11.5 Å². The van der Waals surface area contributed by atoms with Crippen LogP contribution in [0.5, 0.6) is 5.75 Å². The van der Waals surface area contributed by atoms with E-state index in [1.807, 2.05) is 58.9 Å². The number of rotatable bonds is 3. The van der Waals surface area contributed by atoms with E-state index in [0.29, 0.717) is 59.0 Å². The second-order valence-corrected chi connectivity index (χ2v) is 11.2. The fourth-order valence-electron chi connectivity index (χ4n) is 4.75. The number of nitrogens with zero attached hydrogens (tertiary/aromatic N) is 3. The van der Waals surface area contributed by atoms with Gasteiger partial charge >= 0.3 is 6.09 Å². The minimum Gasteiger partial charge on any atom is -0.497 e. The molecular formula is C29H35ClFN3O3S. The Morgan fingerprint density at radius 1 is 1.13 bits per heavy atom. The van der Waals surface area contributed by atoms with Crippen LogP contribution >= 0.6 is 23.1 Å². The van der Waals surface area contributed by atoms with Gasteiger partial charge in [0.2, 0.25) is 0 Å². The number of carbonyl (C=O) groups excluding carboxylic acids is 1. The van der Waals surface area contributed by atoms with Crippen LogP contribution in [0.3, 0.4) is 0 Å². The number of piperazine rings is 1. The van der Waals surface area contributed by atoms with Gasteiger partial charge in [0.05, 0.1) is 12.1 Å². The van der Waals surface area contributed by atoms with Crippen molar-refractivity contribution in [3.63, 3.8) is 0 Å². The summed E-state index contributed by atoms with van der Waals surface area (Å²) in [5, 5.41) is 1.88. The predicted molar refractivity (Wildman–Crippen MR) is 155 cm³/mol. The molecule has 3 aromatic rings. The number of hydrogen-bond donors (Lipinski definition) is 0. The van der Waals surface area contributed by atoms with E-state index in [4.69, 9.17) is 21.1 Å². The van der Waals surface area contributed by atoms with Crippen LogP contribution in [0.15, 0.2) is 24.3 Å². The summed E-state index contributed by atoms with van der Waals surface area (Å²) in [5.41, 5.74) is 2.91. The number of anilines is 1. The highest BCUT2D eigenvalue weighted by atomic mass is 35.5. The van der Waals surface area contributed by atoms with E-state index in [9.17, 15) is 4.79 Å². The van der Waals surface area contributed by atoms with Crippen LogP contribution in [-0.4, -0.2) is 54.3 Å². The number of aromatic nitrogens is 1. The maximum Gasteiger partial charge on any atom is 0.410 e. The van der Waals surface area contributed by atoms with Gasteiger partial charge in [0.25, 0.3) is 0 Å². The highest BCUT2D eigenvalue weighted by Crippen LogP contribution is 2.44. The van der Waals surface area contributed by atoms with Gasteiger partial charge in [-0.15, -0.1) is 0 Å². The number of halogens is 2. The molecule has 1 aliphatic carbocycles. The zero-order valence-corrected chi connectivity index (χ0v) is 24.4. The molecule has 0 saturated carbocycles. The minimum absolute atomic E-state index is 0.306. The quantitative estimate of drug-likeness (QED) is 0.327. The van der Waals surface area contributed by atoms with Crippen LogP contribution in [0.25, 0.3) is 28.1 Å². The lowest BCUT2D eigenvalue weighted by molar-refractivity contribution is 0.0241. The molecule has 1 saturated heterocycles. The molecule has 2 aliphatic rings. The normalized spacial score (nSPS) is 15.2. The van der Waals surface area contributed by atoms with Gasteiger partial charge in [-0.05, 0) is 80.0 Å². The Hall–Kier alpha value is -2.84. The molecule has 38 heavy (non-hydrogen) atoms. The number of aryl methyl sites for hydroxylation is 1. The monoisotopic (exact) mass is 559 g/mol. The van der Waals surface area contributed by atoms with Crippen molar-refractivity contribution < 1.29 is 18.7 Å². The number of amides is 1. The van der Waals surface area contributed by atoms with Crippen molar-refractivity contribution in [2.45, 2.75) is 53.1 Å². The summed E-state index contributed by atoms with van der Waals surface area (Å²) in [7, 11) is 1.61. The Balaban J connectivity index is 0.00000164. The van der Waals surface area contributed by atoms with Gasteiger partial charge in [0.15, 0.2) is 5.82 Å². The number of allylic oxidation sites excluding steroid dienone is 1. The van der Waals surface area contributed by atoms with Crippen molar-refractivity contribution in [1.29, 1.82) is 0 Å². The third-order valence-corrected chi connectivity index (χ3v) is 7.70. The first-order chi connectivity index (χ1) is 18.2. The molecule has 0 radical (unpaired) electrons. The second-order valence-electron chi connectivity index (χ2n) is 10.1. The summed E-state index contributed by atoms with van der Waals surface area (Å²) < 4.78 is 31.5. The van der Waals surface area contributed by atoms with Gasteiger partial charge < -0.3 is 19.3 Å². The molecule has 9 heteroatoms. The van der Waals surface area contributed by atoms with E-state index in [1.54, 1.807) is 12.0 Å². The van der Waals surface area contributed by atoms with Crippen LogP contribution < -0.4 is 9.64 Å². The maximum absolute atomic E-state index is 16.0. The first-order valence-electron chi connectivity index (χ1n) is 13.0. The van der Waals surface area contributed by atoms with Gasteiger partial charge in [0.1, 0.15) is 21.9 Å². The van der Waals surface area contributed by atoms with Crippen molar-refractivity contribution >= 4 is 51.2 Å². The summed E-state index contributed by atoms with van der Waals surface area (Å²) in [5.74, 6) is 0.248. The Kier molecular flexibility index (Phi) is 8.52. The number of hydrogen-bond acceptors (Lipinski definition) is 6. The standard InChI is InChI=1S/C27H29ClFN3O3S.C2H6/c1-27(2,3)35-26(33)32-11-9-31(10-12-32)25-20-15-21(28)22(23(29)24(20)30-36-25)19-14-17(34-4)13-16-7-5-6-8-18(16)19;1-2/h6,8,13-15H,5,7,9-12H2,1-4H3;1-2H3. The molecule has 1 fully saturated rings. The molecule has 1 amide bonds. The molecule has 6 nitrogen and oxygen atoms in total. The SMILES string of the molecule is CC.COc1cc2c(c(-c3c(Cl)cc4c(N5CCN(C(=O)OC(C)(C)C)CC5)snc4c3F)c1)C=CCC2. The second kappa shape index (κ2) is 11.5. The third kappa shape index (κ3) is 5.61. The number of benzene rings is 2. The highest BCUT2D eigenvalue weighted by Gasteiger charge is 2.29. The summed E-state index contributed by atoms with van der Waals surface area (Å²) in [4.78, 5) is 16.3. The van der Waals surface area contributed by atoms with E-state index < -0.39 is 11.4 Å². The zero-order chi connectivity index (χ0) is 27.6. The zero-order valence-electron chi connectivity index (χ0n) is 22.9. The summed E-state index contributed by atoms with van der Waals surface area (Å²) in [6, 6.07) is 5.66. The van der Waals surface area contributed by atoms with Crippen molar-refractivity contribution in [3.8, 4) is 16.9 Å². The predicted octanol–water partition coefficient (Wildman–Crippen LogP) is 7.81. The van der Waals surface area contributed by atoms with Crippen molar-refractivity contribution in [2.24, 2.45) is 0 Å². The summed E-state index contributed by atoms with van der Waals surface area (Å²) in [6.07, 6.45) is 5.62. The largest absolute Gasteiger partial charge is 0.497 e. The molecule has 5 rings (SSSR count). The van der Waals surface area contributed by atoms with Crippen LogP contribution in [0.1, 0.15) is 52.2 Å². The van der Waals surface area contributed by atoms with Crippen LogP contribution in [0, 0.1) is 5.82 Å². The smallest absolute Gasteiger partial charge is 0.410 e. The average Bonchev–Trinajstić information content (AvgIpc) is 3.32. The Morgan fingerprint density at radius 2 is 1.84 bits per heavy atom. The van der Waals surface area contributed by atoms with E-state index >= 15 is 4.39 Å². The number of ether oxygens (including phenoxy) is 2. The van der Waals surface area contributed by atoms with Crippen molar-refractivity contribution in [2.75, 3.05) is 38.2 Å². The molecule has 1 aliphatic heterocycles. The Morgan fingerprint density at radius 3 is 2.50 bits per heavy atom. The van der Waals surface area contributed by atoms with Crippen molar-refractivity contribution in [1.82, 2.24) is 9.27 Å². The molecule has 0 unspecified atom stereocenters. The fourth-order valence-corrected chi connectivity index (χ4v) is 5.95. The van der Waals surface area contributed by atoms with Gasteiger partial charge in [-0.3, -0.25) is 0 Å². The number of fused-ring (bicyclic) bond motifs is 2. The number of methoxy groups -OCH3 is 1. The third-order valence-electron chi connectivity index (χ3n) is 6.47. The average molecular weight is 560 g/mol. The lowest BCUT2D eigenvalue weighted by Crippen LogP contribution is -2.50. The lowest BCUT2D eigenvalue weighted by atomic mass is 9.89. The Bertz CT molecular complexity index is 1360. The number of carbonyl (C=O) groups is 1. The van der Waals surface area contributed by atoms with Gasteiger partial charge in [-0.2, -0.15) is 4.37 Å². The molecule has 0 spiro atoms. The van der Waals surface area contributed by atoms with Crippen LogP contribution in [-0.2, 0) is 11.2 Å². The molecular weight excluding hydrogens is 525 g/mol. The molecule has 1 aromatic heterocycles. The van der Waals surface area contributed by atoms with E-state index in [-0.39, 0.29) is 6.09 Å². The summed E-state index contributed by atoms with van der Waals surface area (Å²) >= 11 is 8.02. The van der Waals surface area contributed by atoms with Crippen LogP contribution in [0.2, 0.25) is 5.02 Å². The van der Waals surface area contributed by atoms with E-state index in [2.05, 4.69) is 15.3 Å². The molecule has 204 valence electrons. The first-order valence-corrected chi connectivity index (χ1v) is 14.2. The molecule has 2 heterocycles. The van der Waals surface area contributed by atoms with Gasteiger partial charge in [0, 0.05) is 37.1 Å². The highest BCUT2D eigenvalue weighted by molar-refractivity contribution is 7.11. The first kappa shape index (κ1) is 28.2. The molecule has 2 aromatic carbocycles. The molecule has 0 atom stereocenters. The van der Waals surface area contributed by atoms with Gasteiger partial charge in [-0.25, -0.2) is 9.18 Å². The lowest BCUT2D eigenvalue weighted by Gasteiger charge is -2.36. The summed E-state index contributed by atoms with van der Waals surface area (Å²) in [6.45, 7) is 11.8. The Labute approximate surface area is 233 Å². The van der Waals surface area contributed by atoms with Crippen molar-refractivity contribution in [3.05, 3.63) is 46.2 Å². The minimum atomic E-state index is -0.536. The molecule has 0 N–H and O–H groups in total. The van der Waals surface area contributed by atoms with E-state index in [0.717, 1.165) is 29.0 Å². The fraction of sp³-hybridized carbons (Fsp3) is 0.448. The topological polar surface area (TPSA) is 54.9 Å². The van der Waals surface area contributed by atoms with Crippen LogP contribution in [0.4, 0.5) is 14.2 Å². The molecule has 0 bridgehead atoms.